The zero-order chi connectivity index (χ0) is 9.42. The van der Waals surface area contributed by atoms with Gasteiger partial charge in [-0.2, -0.15) is 4.98 Å². The number of rotatable bonds is 1. The summed E-state index contributed by atoms with van der Waals surface area (Å²) in [6.07, 6.45) is 2.41. The third-order valence-corrected chi connectivity index (χ3v) is 1.89. The number of hydrogen-bond donors (Lipinski definition) is 0. The van der Waals surface area contributed by atoms with E-state index >= 15 is 0 Å². The molecule has 0 radical (unpaired) electrons. The minimum Gasteiger partial charge on any atom is -0.294 e. The Kier molecular flexibility index (Phi) is 1.58. The number of aromatic nitrogens is 4. The van der Waals surface area contributed by atoms with Crippen molar-refractivity contribution in [2.75, 3.05) is 0 Å². The van der Waals surface area contributed by atoms with Crippen molar-refractivity contribution in [3.8, 4) is 0 Å². The fraction of sp³-hybridized carbons (Fsp3) is 0.250. The van der Waals surface area contributed by atoms with Gasteiger partial charge in [-0.25, -0.2) is 9.50 Å². The Morgan fingerprint density at radius 1 is 1.38 bits per heavy atom. The molecule has 0 unspecified atom stereocenters. The van der Waals surface area contributed by atoms with Crippen LogP contribution in [0.2, 0.25) is 0 Å². The lowest BCUT2D eigenvalue weighted by atomic mass is 10.3. The van der Waals surface area contributed by atoms with Crippen LogP contribution in [0.15, 0.2) is 6.20 Å². The Bertz CT molecular complexity index is 435. The van der Waals surface area contributed by atoms with Gasteiger partial charge in [-0.1, -0.05) is 0 Å². The van der Waals surface area contributed by atoms with E-state index in [1.807, 2.05) is 13.8 Å². The number of hydrogen-bond acceptors (Lipinski definition) is 4. The maximum Gasteiger partial charge on any atom is 0.253 e. The highest BCUT2D eigenvalue weighted by atomic mass is 16.1. The maximum absolute atomic E-state index is 10.4. The summed E-state index contributed by atoms with van der Waals surface area (Å²) in [6.45, 7) is 3.83. The van der Waals surface area contributed by atoms with Crippen LogP contribution in [0.25, 0.3) is 5.78 Å². The van der Waals surface area contributed by atoms with Crippen LogP contribution in [0.3, 0.4) is 0 Å². The second kappa shape index (κ2) is 2.62. The highest BCUT2D eigenvalue weighted by Gasteiger charge is 2.04. The molecule has 0 atom stereocenters. The standard InChI is InChI=1S/C8H8N4O/c1-5-3-12-8(9-6(5)2)10-7(4-13)11-12/h3-4H,1-2H3. The number of fused-ring (bicyclic) bond motifs is 1. The molecule has 0 fully saturated rings. The molecule has 0 saturated heterocycles. The predicted octanol–water partition coefficient (Wildman–Crippen LogP) is 0.554. The van der Waals surface area contributed by atoms with E-state index in [1.165, 1.54) is 4.52 Å². The first kappa shape index (κ1) is 7.85. The lowest BCUT2D eigenvalue weighted by molar-refractivity contribution is 0.111. The topological polar surface area (TPSA) is 60.2 Å². The van der Waals surface area contributed by atoms with Gasteiger partial charge < -0.3 is 0 Å². The quantitative estimate of drug-likeness (QED) is 0.595. The molecule has 2 rings (SSSR count). The number of carbonyl (C=O) groups is 1. The summed E-state index contributed by atoms with van der Waals surface area (Å²) in [7, 11) is 0. The summed E-state index contributed by atoms with van der Waals surface area (Å²) in [5.41, 5.74) is 1.92. The van der Waals surface area contributed by atoms with Gasteiger partial charge in [0, 0.05) is 11.9 Å². The summed E-state index contributed by atoms with van der Waals surface area (Å²) < 4.78 is 1.51. The van der Waals surface area contributed by atoms with Crippen LogP contribution in [0, 0.1) is 13.8 Å². The first-order valence-electron chi connectivity index (χ1n) is 3.86. The molecule has 66 valence electrons. The average molecular weight is 176 g/mol. The Morgan fingerprint density at radius 3 is 2.85 bits per heavy atom. The molecule has 2 heterocycles. The van der Waals surface area contributed by atoms with E-state index < -0.39 is 0 Å². The highest BCUT2D eigenvalue weighted by Crippen LogP contribution is 2.04. The fourth-order valence-corrected chi connectivity index (χ4v) is 1.06. The SMILES string of the molecule is Cc1cn2nc(C=O)nc2nc1C. The summed E-state index contributed by atoms with van der Waals surface area (Å²) in [4.78, 5) is 18.5. The lowest BCUT2D eigenvalue weighted by Crippen LogP contribution is -1.95. The van der Waals surface area contributed by atoms with E-state index in [0.29, 0.717) is 12.1 Å². The first-order chi connectivity index (χ1) is 6.20. The molecule has 5 heteroatoms. The minimum absolute atomic E-state index is 0.164. The fourth-order valence-electron chi connectivity index (χ4n) is 1.06. The summed E-state index contributed by atoms with van der Waals surface area (Å²) in [5.74, 6) is 0.628. The van der Waals surface area contributed by atoms with E-state index in [1.54, 1.807) is 6.20 Å². The molecule has 2 aromatic rings. The minimum atomic E-state index is 0.164. The van der Waals surface area contributed by atoms with Crippen molar-refractivity contribution in [3.05, 3.63) is 23.3 Å². The molecule has 5 nitrogen and oxygen atoms in total. The maximum atomic E-state index is 10.4. The van der Waals surface area contributed by atoms with Crippen molar-refractivity contribution in [1.82, 2.24) is 19.6 Å². The van der Waals surface area contributed by atoms with Crippen molar-refractivity contribution in [2.24, 2.45) is 0 Å². The van der Waals surface area contributed by atoms with Crippen LogP contribution < -0.4 is 0 Å². The van der Waals surface area contributed by atoms with Crippen molar-refractivity contribution < 1.29 is 4.79 Å². The Morgan fingerprint density at radius 2 is 2.15 bits per heavy atom. The van der Waals surface area contributed by atoms with Crippen LogP contribution in [-0.4, -0.2) is 25.9 Å². The lowest BCUT2D eigenvalue weighted by Gasteiger charge is -1.97. The molecule has 0 saturated carbocycles. The Labute approximate surface area is 74.4 Å². The van der Waals surface area contributed by atoms with Crippen molar-refractivity contribution in [1.29, 1.82) is 0 Å². The third kappa shape index (κ3) is 1.18. The van der Waals surface area contributed by atoms with E-state index in [4.69, 9.17) is 0 Å². The van der Waals surface area contributed by atoms with Gasteiger partial charge in [0.05, 0.1) is 0 Å². The van der Waals surface area contributed by atoms with Gasteiger partial charge in [0.25, 0.3) is 5.78 Å². The Balaban J connectivity index is 2.77. The first-order valence-corrected chi connectivity index (χ1v) is 3.86. The monoisotopic (exact) mass is 176 g/mol. The highest BCUT2D eigenvalue weighted by molar-refractivity contribution is 5.69. The van der Waals surface area contributed by atoms with Gasteiger partial charge in [-0.3, -0.25) is 4.79 Å². The van der Waals surface area contributed by atoms with Gasteiger partial charge in [-0.15, -0.1) is 5.10 Å². The second-order valence-corrected chi connectivity index (χ2v) is 2.84. The molecule has 0 spiro atoms. The molecule has 0 N–H and O–H groups in total. The molecule has 0 bridgehead atoms. The normalized spacial score (nSPS) is 10.6. The summed E-state index contributed by atoms with van der Waals surface area (Å²) in [6, 6.07) is 0. The number of aldehydes is 1. The molecule has 0 aliphatic carbocycles. The number of aryl methyl sites for hydroxylation is 2. The van der Waals surface area contributed by atoms with Gasteiger partial charge in [0.15, 0.2) is 6.29 Å². The molecular formula is C8H8N4O. The molecule has 0 aromatic carbocycles. The molecule has 0 amide bonds. The third-order valence-electron chi connectivity index (χ3n) is 1.89. The van der Waals surface area contributed by atoms with Crippen LogP contribution in [0.5, 0.6) is 0 Å². The molecular weight excluding hydrogens is 168 g/mol. The Hall–Kier alpha value is -1.78. The zero-order valence-electron chi connectivity index (χ0n) is 7.35. The van der Waals surface area contributed by atoms with Gasteiger partial charge in [0.1, 0.15) is 0 Å². The summed E-state index contributed by atoms with van der Waals surface area (Å²) >= 11 is 0. The summed E-state index contributed by atoms with van der Waals surface area (Å²) in [5, 5.41) is 3.91. The smallest absolute Gasteiger partial charge is 0.253 e. The van der Waals surface area contributed by atoms with E-state index in [2.05, 4.69) is 15.1 Å². The predicted molar refractivity (Wildman–Crippen MR) is 45.6 cm³/mol. The van der Waals surface area contributed by atoms with Gasteiger partial charge in [-0.05, 0) is 19.4 Å². The van der Waals surface area contributed by atoms with Crippen molar-refractivity contribution >= 4 is 12.1 Å². The molecule has 0 aliphatic heterocycles. The van der Waals surface area contributed by atoms with E-state index in [9.17, 15) is 4.79 Å². The molecule has 13 heavy (non-hydrogen) atoms. The second-order valence-electron chi connectivity index (χ2n) is 2.84. The van der Waals surface area contributed by atoms with E-state index in [-0.39, 0.29) is 5.82 Å². The van der Waals surface area contributed by atoms with Crippen LogP contribution in [0.4, 0.5) is 0 Å². The van der Waals surface area contributed by atoms with Crippen molar-refractivity contribution in [2.45, 2.75) is 13.8 Å². The van der Waals surface area contributed by atoms with Gasteiger partial charge in [0.2, 0.25) is 5.82 Å². The number of nitrogens with zero attached hydrogens (tertiary/aromatic N) is 4. The largest absolute Gasteiger partial charge is 0.294 e. The zero-order valence-corrected chi connectivity index (χ0v) is 7.35. The van der Waals surface area contributed by atoms with Crippen LogP contribution in [-0.2, 0) is 0 Å². The molecule has 2 aromatic heterocycles. The van der Waals surface area contributed by atoms with E-state index in [0.717, 1.165) is 11.3 Å². The van der Waals surface area contributed by atoms with Crippen LogP contribution >= 0.6 is 0 Å². The number of carbonyl (C=O) groups excluding carboxylic acids is 1. The van der Waals surface area contributed by atoms with Crippen molar-refractivity contribution in [3.63, 3.8) is 0 Å². The van der Waals surface area contributed by atoms with Crippen LogP contribution in [0.1, 0.15) is 21.9 Å². The van der Waals surface area contributed by atoms with Gasteiger partial charge >= 0.3 is 0 Å². The molecule has 0 aliphatic rings. The average Bonchev–Trinajstić information content (AvgIpc) is 2.48.